The van der Waals surface area contributed by atoms with Crippen LogP contribution in [0.1, 0.15) is 24.5 Å². The molecule has 3 nitrogen and oxygen atoms in total. The van der Waals surface area contributed by atoms with Crippen LogP contribution < -0.4 is 0 Å². The van der Waals surface area contributed by atoms with E-state index in [2.05, 4.69) is 43.5 Å². The number of alkyl halides is 1. The molecule has 20 heavy (non-hydrogen) atoms. The summed E-state index contributed by atoms with van der Waals surface area (Å²) in [6.07, 6.45) is 1.81. The maximum Gasteiger partial charge on any atom is 0.125 e. The van der Waals surface area contributed by atoms with Gasteiger partial charge >= 0.3 is 0 Å². The Bertz CT molecular complexity index is 739. The van der Waals surface area contributed by atoms with Crippen LogP contribution in [0.3, 0.4) is 0 Å². The summed E-state index contributed by atoms with van der Waals surface area (Å²) in [7, 11) is 0. The van der Waals surface area contributed by atoms with Gasteiger partial charge in [-0.3, -0.25) is 4.98 Å². The number of rotatable bonds is 3. The lowest BCUT2D eigenvalue weighted by atomic mass is 10.2. The van der Waals surface area contributed by atoms with Gasteiger partial charge in [-0.2, -0.15) is 0 Å². The first-order chi connectivity index (χ1) is 9.70. The number of aromatic nitrogens is 3. The van der Waals surface area contributed by atoms with Crippen LogP contribution in [0.15, 0.2) is 47.1 Å². The maximum atomic E-state index is 6.06. The average Bonchev–Trinajstić information content (AvgIpc) is 2.85. The molecule has 0 fully saturated rings. The molecule has 0 aliphatic heterocycles. The van der Waals surface area contributed by atoms with Gasteiger partial charge in [0.25, 0.3) is 0 Å². The van der Waals surface area contributed by atoms with Crippen LogP contribution >= 0.6 is 27.5 Å². The molecule has 0 bridgehead atoms. The van der Waals surface area contributed by atoms with E-state index in [1.165, 1.54) is 0 Å². The van der Waals surface area contributed by atoms with E-state index in [-0.39, 0.29) is 6.04 Å². The Labute approximate surface area is 130 Å². The number of hydrogen-bond acceptors (Lipinski definition) is 2. The normalized spacial score (nSPS) is 12.8. The molecule has 0 spiro atoms. The van der Waals surface area contributed by atoms with Crippen molar-refractivity contribution in [2.75, 3.05) is 0 Å². The molecule has 0 aliphatic rings. The molecular formula is C15H13BrClN3. The van der Waals surface area contributed by atoms with E-state index < -0.39 is 0 Å². The molecule has 1 aromatic carbocycles. The van der Waals surface area contributed by atoms with Crippen LogP contribution in [0, 0.1) is 0 Å². The highest BCUT2D eigenvalue weighted by Gasteiger charge is 2.17. The Hall–Kier alpha value is -1.39. The van der Waals surface area contributed by atoms with E-state index in [4.69, 9.17) is 11.6 Å². The second kappa shape index (κ2) is 5.54. The summed E-state index contributed by atoms with van der Waals surface area (Å²) in [5.41, 5.74) is 3.01. The molecule has 0 radical (unpaired) electrons. The molecule has 2 aromatic heterocycles. The van der Waals surface area contributed by atoms with Crippen LogP contribution in [0.4, 0.5) is 0 Å². The Morgan fingerprint density at radius 3 is 2.85 bits per heavy atom. The third-order valence-electron chi connectivity index (χ3n) is 3.35. The van der Waals surface area contributed by atoms with Crippen molar-refractivity contribution in [2.24, 2.45) is 0 Å². The minimum Gasteiger partial charge on any atom is -0.318 e. The first-order valence-corrected chi connectivity index (χ1v) is 7.66. The minimum atomic E-state index is 0.0873. The Morgan fingerprint density at radius 1 is 1.30 bits per heavy atom. The number of imidazole rings is 1. The van der Waals surface area contributed by atoms with Crippen molar-refractivity contribution < 1.29 is 0 Å². The molecule has 0 saturated carbocycles. The predicted molar refractivity (Wildman–Crippen MR) is 85.0 cm³/mol. The molecule has 0 saturated heterocycles. The molecule has 1 atom stereocenters. The van der Waals surface area contributed by atoms with Crippen molar-refractivity contribution in [1.82, 2.24) is 14.5 Å². The predicted octanol–water partition coefficient (Wildman–Crippen LogP) is 4.54. The number of hydrogen-bond donors (Lipinski definition) is 0. The molecule has 3 aromatic rings. The topological polar surface area (TPSA) is 30.7 Å². The number of halogens is 2. The fourth-order valence-corrected chi connectivity index (χ4v) is 2.94. The maximum absolute atomic E-state index is 6.06. The van der Waals surface area contributed by atoms with Gasteiger partial charge in [-0.15, -0.1) is 11.6 Å². The lowest BCUT2D eigenvalue weighted by molar-refractivity contribution is 0.616. The van der Waals surface area contributed by atoms with Gasteiger partial charge in [0.15, 0.2) is 0 Å². The molecule has 0 aliphatic carbocycles. The summed E-state index contributed by atoms with van der Waals surface area (Å²) in [5.74, 6) is 1.24. The SMILES string of the molecule is CC(c1ccccn1)n1c(CCl)nc2ccc(Br)cc21. The highest BCUT2D eigenvalue weighted by molar-refractivity contribution is 9.10. The van der Waals surface area contributed by atoms with Crippen molar-refractivity contribution in [3.8, 4) is 0 Å². The van der Waals surface area contributed by atoms with Crippen LogP contribution in [0.25, 0.3) is 11.0 Å². The van der Waals surface area contributed by atoms with Gasteiger partial charge < -0.3 is 4.57 Å². The van der Waals surface area contributed by atoms with Gasteiger partial charge in [-0.05, 0) is 37.3 Å². The van der Waals surface area contributed by atoms with Crippen molar-refractivity contribution in [3.63, 3.8) is 0 Å². The molecule has 0 amide bonds. The quantitative estimate of drug-likeness (QED) is 0.649. The van der Waals surface area contributed by atoms with E-state index in [0.29, 0.717) is 5.88 Å². The zero-order valence-corrected chi connectivity index (χ0v) is 13.3. The fourth-order valence-electron chi connectivity index (χ4n) is 2.40. The van der Waals surface area contributed by atoms with Crippen LogP contribution in [0.5, 0.6) is 0 Å². The Kier molecular flexibility index (Phi) is 3.76. The monoisotopic (exact) mass is 349 g/mol. The Balaban J connectivity index is 2.21. The molecule has 102 valence electrons. The standard InChI is InChI=1S/C15H13BrClN3/c1-10(12-4-2-3-7-18-12)20-14-8-11(16)5-6-13(14)19-15(20)9-17/h2-8,10H,9H2,1H3. The third-order valence-corrected chi connectivity index (χ3v) is 4.08. The van der Waals surface area contributed by atoms with E-state index >= 15 is 0 Å². The Morgan fingerprint density at radius 2 is 2.15 bits per heavy atom. The first kappa shape index (κ1) is 13.6. The minimum absolute atomic E-state index is 0.0873. The van der Waals surface area contributed by atoms with Gasteiger partial charge in [0.05, 0.1) is 28.6 Å². The summed E-state index contributed by atoms with van der Waals surface area (Å²) >= 11 is 9.57. The van der Waals surface area contributed by atoms with Crippen molar-refractivity contribution in [1.29, 1.82) is 0 Å². The van der Waals surface area contributed by atoms with Gasteiger partial charge in [0.2, 0.25) is 0 Å². The summed E-state index contributed by atoms with van der Waals surface area (Å²) in [6.45, 7) is 2.11. The van der Waals surface area contributed by atoms with Gasteiger partial charge in [0, 0.05) is 10.7 Å². The molecule has 2 heterocycles. The van der Waals surface area contributed by atoms with Gasteiger partial charge in [-0.1, -0.05) is 22.0 Å². The summed E-state index contributed by atoms with van der Waals surface area (Å²) in [6, 6.07) is 12.1. The molecule has 0 N–H and O–H groups in total. The molecule has 3 rings (SSSR count). The third kappa shape index (κ3) is 2.34. The number of benzene rings is 1. The van der Waals surface area contributed by atoms with Crippen molar-refractivity contribution in [2.45, 2.75) is 18.8 Å². The van der Waals surface area contributed by atoms with E-state index in [9.17, 15) is 0 Å². The fraction of sp³-hybridized carbons (Fsp3) is 0.200. The van der Waals surface area contributed by atoms with Crippen LogP contribution in [-0.4, -0.2) is 14.5 Å². The zero-order chi connectivity index (χ0) is 14.1. The van der Waals surface area contributed by atoms with E-state index in [0.717, 1.165) is 27.0 Å². The summed E-state index contributed by atoms with van der Waals surface area (Å²) < 4.78 is 3.18. The van der Waals surface area contributed by atoms with Crippen LogP contribution in [0.2, 0.25) is 0 Å². The molecule has 1 unspecified atom stereocenters. The zero-order valence-electron chi connectivity index (χ0n) is 10.9. The number of nitrogens with zero attached hydrogens (tertiary/aromatic N) is 3. The van der Waals surface area contributed by atoms with Gasteiger partial charge in [0.1, 0.15) is 5.82 Å². The van der Waals surface area contributed by atoms with E-state index in [1.54, 1.807) is 6.20 Å². The first-order valence-electron chi connectivity index (χ1n) is 6.34. The second-order valence-electron chi connectivity index (χ2n) is 4.60. The van der Waals surface area contributed by atoms with E-state index in [1.807, 2.05) is 30.3 Å². The number of pyridine rings is 1. The summed E-state index contributed by atoms with van der Waals surface area (Å²) in [4.78, 5) is 9.04. The highest BCUT2D eigenvalue weighted by Crippen LogP contribution is 2.27. The molecular weight excluding hydrogens is 338 g/mol. The lowest BCUT2D eigenvalue weighted by Gasteiger charge is -2.16. The molecule has 5 heteroatoms. The smallest absolute Gasteiger partial charge is 0.125 e. The average molecular weight is 351 g/mol. The lowest BCUT2D eigenvalue weighted by Crippen LogP contribution is -2.11. The second-order valence-corrected chi connectivity index (χ2v) is 5.78. The van der Waals surface area contributed by atoms with Gasteiger partial charge in [-0.25, -0.2) is 4.98 Å². The largest absolute Gasteiger partial charge is 0.318 e. The van der Waals surface area contributed by atoms with Crippen molar-refractivity contribution >= 4 is 38.6 Å². The van der Waals surface area contributed by atoms with Crippen molar-refractivity contribution in [3.05, 3.63) is 58.6 Å². The number of fused-ring (bicyclic) bond motifs is 1. The summed E-state index contributed by atoms with van der Waals surface area (Å²) in [5, 5.41) is 0. The van der Waals surface area contributed by atoms with Crippen LogP contribution in [-0.2, 0) is 5.88 Å². The highest BCUT2D eigenvalue weighted by atomic mass is 79.9.